The van der Waals surface area contributed by atoms with Crippen molar-refractivity contribution in [3.8, 4) is 0 Å². The Morgan fingerprint density at radius 2 is 1.92 bits per heavy atom. The van der Waals surface area contributed by atoms with Gasteiger partial charge in [0.25, 0.3) is 10.0 Å². The SMILES string of the molecule is Cc1n[nH]c(C)c1S(=O)(=O)Nc1ccc(Nc2cccc(F)c2)cn1. The number of aromatic nitrogens is 3. The fourth-order valence-corrected chi connectivity index (χ4v) is 3.77. The first-order chi connectivity index (χ1) is 11.8. The van der Waals surface area contributed by atoms with Crippen LogP contribution in [0.5, 0.6) is 0 Å². The molecule has 25 heavy (non-hydrogen) atoms. The fraction of sp³-hybridized carbons (Fsp3) is 0.125. The Balaban J connectivity index is 1.77. The molecule has 3 aromatic rings. The summed E-state index contributed by atoms with van der Waals surface area (Å²) in [5, 5.41) is 9.51. The van der Waals surface area contributed by atoms with E-state index in [9.17, 15) is 12.8 Å². The number of halogens is 1. The average Bonchev–Trinajstić information content (AvgIpc) is 2.89. The predicted molar refractivity (Wildman–Crippen MR) is 92.8 cm³/mol. The van der Waals surface area contributed by atoms with Gasteiger partial charge in [-0.05, 0) is 44.2 Å². The minimum atomic E-state index is -3.78. The standard InChI is InChI=1S/C16H16FN5O2S/c1-10-16(11(2)21-20-10)25(23,24)22-15-7-6-14(9-18-15)19-13-5-3-4-12(17)8-13/h3-9,19H,1-2H3,(H,18,22)(H,20,21). The summed E-state index contributed by atoms with van der Waals surface area (Å²) in [5.74, 6) is -0.182. The highest BCUT2D eigenvalue weighted by Gasteiger charge is 2.22. The Hall–Kier alpha value is -2.94. The molecule has 0 aliphatic carbocycles. The number of hydrogen-bond acceptors (Lipinski definition) is 5. The van der Waals surface area contributed by atoms with Crippen LogP contribution in [-0.4, -0.2) is 23.6 Å². The summed E-state index contributed by atoms with van der Waals surface area (Å²) in [6.45, 7) is 3.24. The Morgan fingerprint density at radius 1 is 1.12 bits per heavy atom. The van der Waals surface area contributed by atoms with E-state index in [1.54, 1.807) is 32.0 Å². The Labute approximate surface area is 144 Å². The third-order valence-electron chi connectivity index (χ3n) is 3.44. The molecule has 0 aliphatic rings. The van der Waals surface area contributed by atoms with Crippen LogP contribution in [0, 0.1) is 19.7 Å². The van der Waals surface area contributed by atoms with E-state index in [1.165, 1.54) is 24.4 Å². The van der Waals surface area contributed by atoms with Crippen LogP contribution in [-0.2, 0) is 10.0 Å². The number of benzene rings is 1. The molecule has 0 saturated carbocycles. The number of pyridine rings is 1. The number of rotatable bonds is 5. The van der Waals surface area contributed by atoms with Gasteiger partial charge in [0.15, 0.2) is 0 Å². The van der Waals surface area contributed by atoms with Crippen LogP contribution in [0.1, 0.15) is 11.4 Å². The first kappa shape index (κ1) is 16.9. The van der Waals surface area contributed by atoms with Crippen molar-refractivity contribution in [3.63, 3.8) is 0 Å². The van der Waals surface area contributed by atoms with Crippen LogP contribution in [0.15, 0.2) is 47.5 Å². The maximum atomic E-state index is 13.2. The van der Waals surface area contributed by atoms with E-state index in [4.69, 9.17) is 0 Å². The summed E-state index contributed by atoms with van der Waals surface area (Å²) in [4.78, 5) is 4.18. The third-order valence-corrected chi connectivity index (χ3v) is 5.06. The van der Waals surface area contributed by atoms with Gasteiger partial charge >= 0.3 is 0 Å². The topological polar surface area (TPSA) is 99.8 Å². The molecule has 0 saturated heterocycles. The van der Waals surface area contributed by atoms with Crippen LogP contribution in [0.4, 0.5) is 21.6 Å². The lowest BCUT2D eigenvalue weighted by molar-refractivity contribution is 0.600. The van der Waals surface area contributed by atoms with E-state index in [2.05, 4.69) is 25.2 Å². The predicted octanol–water partition coefficient (Wildman–Crippen LogP) is 3.11. The number of H-pyrrole nitrogens is 1. The van der Waals surface area contributed by atoms with Crippen LogP contribution in [0.25, 0.3) is 0 Å². The average molecular weight is 361 g/mol. The molecular formula is C16H16FN5O2S. The second kappa shape index (κ2) is 6.52. The van der Waals surface area contributed by atoms with Gasteiger partial charge in [0.1, 0.15) is 16.5 Å². The Bertz CT molecular complexity index is 980. The smallest absolute Gasteiger partial charge is 0.266 e. The van der Waals surface area contributed by atoms with Gasteiger partial charge in [0.05, 0.1) is 23.3 Å². The second-order valence-corrected chi connectivity index (χ2v) is 7.06. The number of aryl methyl sites for hydroxylation is 2. The number of nitrogens with one attached hydrogen (secondary N) is 3. The lowest BCUT2D eigenvalue weighted by Gasteiger charge is -2.09. The fourth-order valence-electron chi connectivity index (χ4n) is 2.39. The maximum Gasteiger partial charge on any atom is 0.266 e. The highest BCUT2D eigenvalue weighted by atomic mass is 32.2. The van der Waals surface area contributed by atoms with Gasteiger partial charge in [-0.2, -0.15) is 5.10 Å². The van der Waals surface area contributed by atoms with Crippen molar-refractivity contribution in [3.05, 3.63) is 59.8 Å². The summed E-state index contributed by atoms with van der Waals surface area (Å²) in [5.41, 5.74) is 2.01. The van der Waals surface area contributed by atoms with Gasteiger partial charge in [-0.15, -0.1) is 0 Å². The van der Waals surface area contributed by atoms with Crippen LogP contribution < -0.4 is 10.0 Å². The monoisotopic (exact) mass is 361 g/mol. The lowest BCUT2D eigenvalue weighted by Crippen LogP contribution is -2.15. The van der Waals surface area contributed by atoms with Crippen molar-refractivity contribution in [2.45, 2.75) is 18.7 Å². The van der Waals surface area contributed by atoms with Gasteiger partial charge in [0.2, 0.25) is 0 Å². The molecule has 3 N–H and O–H groups in total. The van der Waals surface area contributed by atoms with Crippen LogP contribution in [0.2, 0.25) is 0 Å². The highest BCUT2D eigenvalue weighted by molar-refractivity contribution is 7.92. The third kappa shape index (κ3) is 3.77. The molecule has 2 heterocycles. The Morgan fingerprint density at radius 3 is 2.52 bits per heavy atom. The molecule has 0 fully saturated rings. The summed E-state index contributed by atoms with van der Waals surface area (Å²) in [6, 6.07) is 9.16. The van der Waals surface area contributed by atoms with Crippen molar-refractivity contribution in [2.75, 3.05) is 10.0 Å². The zero-order valence-corrected chi connectivity index (χ0v) is 14.4. The molecule has 0 aliphatic heterocycles. The minimum Gasteiger partial charge on any atom is -0.354 e. The molecule has 0 unspecified atom stereocenters. The first-order valence-corrected chi connectivity index (χ1v) is 8.86. The Kier molecular flexibility index (Phi) is 4.41. The van der Waals surface area contributed by atoms with Gasteiger partial charge in [0, 0.05) is 5.69 Å². The lowest BCUT2D eigenvalue weighted by atomic mass is 10.3. The molecule has 2 aromatic heterocycles. The van der Waals surface area contributed by atoms with Gasteiger partial charge < -0.3 is 5.32 Å². The quantitative estimate of drug-likeness (QED) is 0.648. The van der Waals surface area contributed by atoms with Crippen LogP contribution >= 0.6 is 0 Å². The second-order valence-electron chi connectivity index (χ2n) is 5.44. The molecule has 0 atom stereocenters. The molecule has 0 spiro atoms. The van der Waals surface area contributed by atoms with E-state index >= 15 is 0 Å². The molecule has 0 bridgehead atoms. The van der Waals surface area contributed by atoms with Crippen molar-refractivity contribution >= 4 is 27.2 Å². The van der Waals surface area contributed by atoms with Crippen molar-refractivity contribution in [1.29, 1.82) is 0 Å². The van der Waals surface area contributed by atoms with Crippen molar-refractivity contribution < 1.29 is 12.8 Å². The molecule has 7 nitrogen and oxygen atoms in total. The van der Waals surface area contributed by atoms with E-state index in [0.29, 0.717) is 22.8 Å². The van der Waals surface area contributed by atoms with Crippen molar-refractivity contribution in [2.24, 2.45) is 0 Å². The molecule has 1 aromatic carbocycles. The minimum absolute atomic E-state index is 0.108. The normalized spacial score (nSPS) is 11.3. The number of aromatic amines is 1. The number of anilines is 3. The molecule has 0 radical (unpaired) electrons. The number of sulfonamides is 1. The van der Waals surface area contributed by atoms with Gasteiger partial charge in [-0.25, -0.2) is 17.8 Å². The number of hydrogen-bond donors (Lipinski definition) is 3. The van der Waals surface area contributed by atoms with E-state index in [0.717, 1.165) is 0 Å². The molecule has 130 valence electrons. The summed E-state index contributed by atoms with van der Waals surface area (Å²) < 4.78 is 40.5. The zero-order chi connectivity index (χ0) is 18.0. The first-order valence-electron chi connectivity index (χ1n) is 7.38. The largest absolute Gasteiger partial charge is 0.354 e. The molecule has 9 heteroatoms. The van der Waals surface area contributed by atoms with Gasteiger partial charge in [-0.1, -0.05) is 6.07 Å². The van der Waals surface area contributed by atoms with Crippen LogP contribution in [0.3, 0.4) is 0 Å². The molecular weight excluding hydrogens is 345 g/mol. The zero-order valence-electron chi connectivity index (χ0n) is 13.5. The molecule has 3 rings (SSSR count). The van der Waals surface area contributed by atoms with E-state index in [-0.39, 0.29) is 16.5 Å². The van der Waals surface area contributed by atoms with E-state index in [1.807, 2.05) is 0 Å². The molecule has 0 amide bonds. The number of nitrogens with zero attached hydrogens (tertiary/aromatic N) is 2. The van der Waals surface area contributed by atoms with Gasteiger partial charge in [-0.3, -0.25) is 9.82 Å². The summed E-state index contributed by atoms with van der Waals surface area (Å²) in [6.07, 6.45) is 1.46. The maximum absolute atomic E-state index is 13.2. The summed E-state index contributed by atoms with van der Waals surface area (Å²) in [7, 11) is -3.78. The highest BCUT2D eigenvalue weighted by Crippen LogP contribution is 2.21. The van der Waals surface area contributed by atoms with E-state index < -0.39 is 10.0 Å². The van der Waals surface area contributed by atoms with Crippen molar-refractivity contribution in [1.82, 2.24) is 15.2 Å². The summed E-state index contributed by atoms with van der Waals surface area (Å²) >= 11 is 0.